The van der Waals surface area contributed by atoms with Crippen LogP contribution in [0.25, 0.3) is 0 Å². The second-order valence-electron chi connectivity index (χ2n) is 28.2. The van der Waals surface area contributed by atoms with Crippen LogP contribution < -0.4 is 10.6 Å². The maximum atomic E-state index is 13.5. The zero-order valence-corrected chi connectivity index (χ0v) is 60.0. The molecule has 0 aromatic heterocycles. The molecule has 3 saturated heterocycles. The second kappa shape index (κ2) is 54.2. The minimum atomic E-state index is -3.08. The van der Waals surface area contributed by atoms with E-state index in [0.717, 1.165) is 51.9 Å². The number of carboxylic acid groups (broad SMARTS) is 1. The summed E-state index contributed by atoms with van der Waals surface area (Å²) in [5.41, 5.74) is 0. The number of aliphatic hydroxyl groups is 11. The van der Waals surface area contributed by atoms with Crippen LogP contribution in [0.15, 0.2) is 12.2 Å². The number of amides is 2. The molecule has 23 nitrogen and oxygen atoms in total. The van der Waals surface area contributed by atoms with Crippen LogP contribution >= 0.6 is 0 Å². The summed E-state index contributed by atoms with van der Waals surface area (Å²) in [5, 5.41) is 136. The van der Waals surface area contributed by atoms with E-state index in [1.165, 1.54) is 212 Å². The van der Waals surface area contributed by atoms with Gasteiger partial charge in [-0.25, -0.2) is 4.79 Å². The first-order chi connectivity index (χ1) is 46.9. The highest BCUT2D eigenvalue weighted by molar-refractivity contribution is 5.77. The molecule has 0 radical (unpaired) electrons. The van der Waals surface area contributed by atoms with E-state index in [4.69, 9.17) is 28.4 Å². The van der Waals surface area contributed by atoms with Gasteiger partial charge in [-0.1, -0.05) is 276 Å². The Bertz CT molecular complexity index is 2000. The molecule has 570 valence electrons. The van der Waals surface area contributed by atoms with Gasteiger partial charge < -0.3 is 100 Å². The van der Waals surface area contributed by atoms with E-state index < -0.39 is 155 Å². The van der Waals surface area contributed by atoms with Gasteiger partial charge in [0.15, 0.2) is 12.6 Å². The molecule has 0 bridgehead atoms. The van der Waals surface area contributed by atoms with Crippen molar-refractivity contribution in [2.45, 2.75) is 413 Å². The molecule has 0 saturated carbocycles. The van der Waals surface area contributed by atoms with E-state index in [0.29, 0.717) is 12.8 Å². The van der Waals surface area contributed by atoms with Gasteiger partial charge in [0.1, 0.15) is 67.1 Å². The van der Waals surface area contributed by atoms with Crippen LogP contribution in [-0.2, 0) is 42.8 Å². The van der Waals surface area contributed by atoms with Crippen molar-refractivity contribution in [1.29, 1.82) is 0 Å². The fraction of sp³-hybridized carbons (Fsp3) is 0.932. The summed E-state index contributed by atoms with van der Waals surface area (Å²) in [6.07, 6.45) is 27.4. The third-order valence-electron chi connectivity index (χ3n) is 19.7. The van der Waals surface area contributed by atoms with E-state index in [9.17, 15) is 75.7 Å². The Morgan fingerprint density at radius 1 is 0.536 bits per heavy atom. The second-order valence-corrected chi connectivity index (χ2v) is 28.2. The standard InChI is InChI=1S/C74H138N2O21/c1-4-6-8-10-12-14-16-17-18-19-20-21-22-23-24-25-26-27-28-29-30-31-32-33-34-35-36-37-38-40-42-44-46-48-61(84)76-55(56(81)47-45-43-41-39-15-13-11-9-7-5-2)53-92-71-66(88)65(87)68(60(52-79)94-71)95-72-67(89)70(64(86)59(51-78)93-72)97-74(73(90)91)49-57(82)62(75-54(3)80)69(96-74)63(85)58(83)50-77/h45,47,55-60,62-72,77-79,81-83,85-89H,4-44,46,48-53H2,1-3H3,(H,75,80)(H,76,84)(H,90,91)/b47-45+. The topological polar surface area (TPSA) is 373 Å². The van der Waals surface area contributed by atoms with Gasteiger partial charge in [-0.15, -0.1) is 0 Å². The normalized spacial score (nSPS) is 27.4. The number of hydrogen-bond acceptors (Lipinski definition) is 20. The number of carbonyl (C=O) groups is 3. The van der Waals surface area contributed by atoms with Crippen LogP contribution in [0.2, 0.25) is 0 Å². The summed E-state index contributed by atoms with van der Waals surface area (Å²) < 4.78 is 34.8. The molecule has 0 aromatic carbocycles. The fourth-order valence-electron chi connectivity index (χ4n) is 13.6. The quantitative estimate of drug-likeness (QED) is 0.0199. The molecule has 2 amide bonds. The molecule has 0 aromatic rings. The maximum absolute atomic E-state index is 13.5. The van der Waals surface area contributed by atoms with E-state index >= 15 is 0 Å². The summed E-state index contributed by atoms with van der Waals surface area (Å²) in [5.74, 6) is -6.14. The molecule has 18 atom stereocenters. The molecule has 3 fully saturated rings. The molecule has 0 aliphatic carbocycles. The van der Waals surface area contributed by atoms with Gasteiger partial charge in [0.05, 0.1) is 50.7 Å². The molecule has 3 aliphatic heterocycles. The third kappa shape index (κ3) is 35.5. The summed E-state index contributed by atoms with van der Waals surface area (Å²) in [7, 11) is 0. The Kier molecular flexibility index (Phi) is 49.5. The summed E-state index contributed by atoms with van der Waals surface area (Å²) in [6, 6.07) is -2.61. The van der Waals surface area contributed by atoms with Crippen molar-refractivity contribution in [1.82, 2.24) is 10.6 Å². The van der Waals surface area contributed by atoms with E-state index in [1.807, 2.05) is 6.08 Å². The molecule has 97 heavy (non-hydrogen) atoms. The van der Waals surface area contributed by atoms with Crippen molar-refractivity contribution in [2.75, 3.05) is 26.4 Å². The van der Waals surface area contributed by atoms with Crippen LogP contribution in [0.1, 0.15) is 303 Å². The summed E-state index contributed by atoms with van der Waals surface area (Å²) in [4.78, 5) is 38.5. The Morgan fingerprint density at radius 2 is 0.959 bits per heavy atom. The zero-order valence-electron chi connectivity index (χ0n) is 60.0. The van der Waals surface area contributed by atoms with Crippen molar-refractivity contribution >= 4 is 17.8 Å². The van der Waals surface area contributed by atoms with E-state index in [1.54, 1.807) is 6.08 Å². The predicted octanol–water partition coefficient (Wildman–Crippen LogP) is 9.02. The van der Waals surface area contributed by atoms with Crippen molar-refractivity contribution in [3.05, 3.63) is 12.2 Å². The predicted molar refractivity (Wildman–Crippen MR) is 371 cm³/mol. The average Bonchev–Trinajstić information content (AvgIpc) is 0.743. The van der Waals surface area contributed by atoms with Crippen molar-refractivity contribution in [2.24, 2.45) is 0 Å². The van der Waals surface area contributed by atoms with Gasteiger partial charge >= 0.3 is 5.97 Å². The van der Waals surface area contributed by atoms with Crippen LogP contribution in [-0.4, -0.2) is 215 Å². The molecule has 14 N–H and O–H groups in total. The molecular formula is C74H138N2O21. The number of carboxylic acids is 1. The minimum Gasteiger partial charge on any atom is -0.477 e. The minimum absolute atomic E-state index is 0.205. The molecule has 3 rings (SSSR count). The fourth-order valence-corrected chi connectivity index (χ4v) is 13.6. The summed E-state index contributed by atoms with van der Waals surface area (Å²) in [6.45, 7) is 2.13. The number of nitrogens with one attached hydrogen (secondary N) is 2. The highest BCUT2D eigenvalue weighted by atomic mass is 16.8. The Balaban J connectivity index is 1.43. The summed E-state index contributed by atoms with van der Waals surface area (Å²) >= 11 is 0. The van der Waals surface area contributed by atoms with Crippen LogP contribution in [0, 0.1) is 0 Å². The number of hydrogen-bond donors (Lipinski definition) is 14. The first kappa shape index (κ1) is 88.7. The van der Waals surface area contributed by atoms with Gasteiger partial charge in [-0.3, -0.25) is 9.59 Å². The maximum Gasteiger partial charge on any atom is 0.364 e. The number of rotatable bonds is 60. The highest BCUT2D eigenvalue weighted by Gasteiger charge is 2.60. The number of ether oxygens (including phenoxy) is 6. The number of aliphatic hydroxyl groups excluding tert-OH is 11. The number of unbranched alkanes of at least 4 members (excludes halogenated alkanes) is 40. The molecule has 3 heterocycles. The lowest BCUT2D eigenvalue weighted by atomic mass is 9.88. The lowest BCUT2D eigenvalue weighted by Gasteiger charge is -2.50. The smallest absolute Gasteiger partial charge is 0.364 e. The van der Waals surface area contributed by atoms with Crippen LogP contribution in [0.4, 0.5) is 0 Å². The number of allylic oxidation sites excluding steroid dienone is 1. The lowest BCUT2D eigenvalue weighted by molar-refractivity contribution is -0.386. The van der Waals surface area contributed by atoms with Crippen LogP contribution in [0.3, 0.4) is 0 Å². The Labute approximate surface area is 581 Å². The SMILES string of the molecule is CCCCCCCCCC/C=C/C(O)C(COC1OC(CO)C(OC2OC(CO)C(O)C(OC3(C(=O)O)CC(O)C(NC(C)=O)C(C(O)C(O)CO)O3)C2O)C(O)C1O)NC(=O)CCCCCCCCCCCCCCCCCCCCCCCCCCCCCCCCCCC. The van der Waals surface area contributed by atoms with E-state index in [2.05, 4.69) is 24.5 Å². The first-order valence-electron chi connectivity index (χ1n) is 38.6. The van der Waals surface area contributed by atoms with Gasteiger partial charge in [0.25, 0.3) is 5.79 Å². The van der Waals surface area contributed by atoms with Gasteiger partial charge in [0.2, 0.25) is 11.8 Å². The van der Waals surface area contributed by atoms with Crippen molar-refractivity contribution in [3.63, 3.8) is 0 Å². The molecular weight excluding hydrogens is 1250 g/mol. The first-order valence-corrected chi connectivity index (χ1v) is 38.6. The van der Waals surface area contributed by atoms with E-state index in [-0.39, 0.29) is 12.3 Å². The molecule has 18 unspecified atom stereocenters. The Hall–Kier alpha value is -2.53. The Morgan fingerprint density at radius 3 is 1.37 bits per heavy atom. The molecule has 0 spiro atoms. The zero-order chi connectivity index (χ0) is 71.1. The highest BCUT2D eigenvalue weighted by Crippen LogP contribution is 2.39. The number of aliphatic carboxylic acids is 1. The third-order valence-corrected chi connectivity index (χ3v) is 19.7. The van der Waals surface area contributed by atoms with Crippen LogP contribution in [0.5, 0.6) is 0 Å². The average molecular weight is 1390 g/mol. The molecule has 3 aliphatic rings. The van der Waals surface area contributed by atoms with Gasteiger partial charge in [-0.2, -0.15) is 0 Å². The van der Waals surface area contributed by atoms with Gasteiger partial charge in [-0.05, 0) is 19.3 Å². The van der Waals surface area contributed by atoms with Crippen molar-refractivity contribution < 1.29 is 104 Å². The van der Waals surface area contributed by atoms with Gasteiger partial charge in [0, 0.05) is 19.8 Å². The molecule has 23 heteroatoms. The van der Waals surface area contributed by atoms with Crippen molar-refractivity contribution in [3.8, 4) is 0 Å². The largest absolute Gasteiger partial charge is 0.477 e. The number of carbonyl (C=O) groups excluding carboxylic acids is 2. The monoisotopic (exact) mass is 1390 g/mol. The lowest BCUT2D eigenvalue weighted by Crippen LogP contribution is -2.70.